The average molecular weight is 432 g/mol. The fourth-order valence-corrected chi connectivity index (χ4v) is 7.36. The van der Waals surface area contributed by atoms with Gasteiger partial charge in [0.25, 0.3) is 0 Å². The fraction of sp³-hybridized carbons (Fsp3) is 0. The Bertz CT molecular complexity index is 1730. The highest BCUT2D eigenvalue weighted by Crippen LogP contribution is 2.48. The summed E-state index contributed by atoms with van der Waals surface area (Å²) in [4.78, 5) is 0. The molecule has 1 nitrogen and oxygen atoms in total. The maximum atomic E-state index is 2.47. The molecule has 0 aliphatic heterocycles. The van der Waals surface area contributed by atoms with Gasteiger partial charge in [0.15, 0.2) is 0 Å². The van der Waals surface area contributed by atoms with Crippen LogP contribution in [-0.4, -0.2) is 4.57 Å². The van der Waals surface area contributed by atoms with Crippen molar-refractivity contribution in [2.75, 3.05) is 0 Å². The fourth-order valence-electron chi connectivity index (χ4n) is 4.67. The molecule has 0 spiro atoms. The van der Waals surface area contributed by atoms with Crippen molar-refractivity contribution in [2.24, 2.45) is 0 Å². The summed E-state index contributed by atoms with van der Waals surface area (Å²) in [6.07, 6.45) is 0. The molecule has 3 heterocycles. The van der Waals surface area contributed by atoms with E-state index in [1.54, 1.807) is 0 Å². The van der Waals surface area contributed by atoms with Crippen LogP contribution in [0.5, 0.6) is 0 Å². The quantitative estimate of drug-likeness (QED) is 0.257. The number of aromatic nitrogens is 1. The maximum Gasteiger partial charge on any atom is 0.0906 e. The molecule has 146 valence electrons. The number of fused-ring (bicyclic) bond motifs is 7. The highest BCUT2D eigenvalue weighted by atomic mass is 32.2. The summed E-state index contributed by atoms with van der Waals surface area (Å²) < 4.78 is 6.62. The molecule has 3 heteroatoms. The van der Waals surface area contributed by atoms with E-state index in [0.29, 0.717) is 0 Å². The summed E-state index contributed by atoms with van der Waals surface area (Å²) in [7, 11) is 0. The number of benzene rings is 4. The molecule has 4 aromatic carbocycles. The first kappa shape index (κ1) is 17.3. The number of nitrogens with zero attached hydrogens (tertiary/aromatic N) is 1. The van der Waals surface area contributed by atoms with Crippen LogP contribution >= 0.6 is 22.7 Å². The third kappa shape index (κ3) is 2.48. The molecule has 0 saturated carbocycles. The first-order valence-electron chi connectivity index (χ1n) is 10.4. The summed E-state index contributed by atoms with van der Waals surface area (Å²) >= 11 is 3.84. The van der Waals surface area contributed by atoms with Crippen molar-refractivity contribution in [3.63, 3.8) is 0 Å². The zero-order valence-electron chi connectivity index (χ0n) is 16.6. The molecule has 0 aliphatic carbocycles. The molecule has 0 saturated heterocycles. The van der Waals surface area contributed by atoms with Gasteiger partial charge in [-0.25, -0.2) is 0 Å². The highest BCUT2D eigenvalue weighted by molar-refractivity contribution is 7.45. The minimum absolute atomic E-state index is 1.21. The van der Waals surface area contributed by atoms with Gasteiger partial charge in [-0.15, -0.1) is 22.7 Å². The molecule has 0 aliphatic rings. The van der Waals surface area contributed by atoms with E-state index < -0.39 is 0 Å². The van der Waals surface area contributed by atoms with E-state index in [1.807, 2.05) is 22.7 Å². The molecule has 3 aromatic heterocycles. The topological polar surface area (TPSA) is 4.93 Å². The van der Waals surface area contributed by atoms with Crippen LogP contribution < -0.4 is 0 Å². The Balaban J connectivity index is 1.63. The largest absolute Gasteiger partial charge is 0.308 e. The molecular weight excluding hydrogens is 414 g/mol. The van der Waals surface area contributed by atoms with E-state index in [2.05, 4.69) is 108 Å². The Labute approximate surface area is 187 Å². The minimum Gasteiger partial charge on any atom is -0.308 e. The first-order chi connectivity index (χ1) is 15.4. The monoisotopic (exact) mass is 431 g/mol. The standard InChI is InChI=1S/C28H17NS2/c1-2-9-18(10-3-1)19-11-8-12-20(17-19)29-23-15-6-4-13-21(23)27-26(29)25-22-14-5-7-16-24(22)30-28(25)31-27/h1-17H. The van der Waals surface area contributed by atoms with Crippen LogP contribution in [0.1, 0.15) is 0 Å². The maximum absolute atomic E-state index is 2.47. The highest BCUT2D eigenvalue weighted by Gasteiger charge is 2.20. The van der Waals surface area contributed by atoms with Crippen LogP contribution in [0, 0.1) is 0 Å². The van der Waals surface area contributed by atoms with E-state index in [-0.39, 0.29) is 0 Å². The second-order valence-electron chi connectivity index (χ2n) is 7.81. The Hall–Kier alpha value is -3.40. The van der Waals surface area contributed by atoms with E-state index in [0.717, 1.165) is 0 Å². The van der Waals surface area contributed by atoms with Gasteiger partial charge in [0.05, 0.1) is 19.7 Å². The first-order valence-corrected chi connectivity index (χ1v) is 12.0. The number of rotatable bonds is 2. The predicted molar refractivity (Wildman–Crippen MR) is 137 cm³/mol. The van der Waals surface area contributed by atoms with Gasteiger partial charge in [-0.3, -0.25) is 0 Å². The molecule has 0 unspecified atom stereocenters. The van der Waals surface area contributed by atoms with Gasteiger partial charge in [0.1, 0.15) is 0 Å². The van der Waals surface area contributed by atoms with Gasteiger partial charge in [-0.1, -0.05) is 78.9 Å². The van der Waals surface area contributed by atoms with Crippen LogP contribution in [0.25, 0.3) is 57.4 Å². The van der Waals surface area contributed by atoms with Crippen molar-refractivity contribution in [2.45, 2.75) is 0 Å². The molecule has 0 fully saturated rings. The zero-order valence-corrected chi connectivity index (χ0v) is 18.2. The summed E-state index contributed by atoms with van der Waals surface area (Å²) in [5.41, 5.74) is 6.30. The average Bonchev–Trinajstić information content (AvgIpc) is 3.46. The van der Waals surface area contributed by atoms with Crippen molar-refractivity contribution in [3.8, 4) is 16.8 Å². The number of hydrogen-bond donors (Lipinski definition) is 0. The molecule has 0 N–H and O–H groups in total. The van der Waals surface area contributed by atoms with Gasteiger partial charge >= 0.3 is 0 Å². The van der Waals surface area contributed by atoms with Crippen LogP contribution in [0.15, 0.2) is 103 Å². The Morgan fingerprint density at radius 2 is 1.32 bits per heavy atom. The predicted octanol–water partition coefficient (Wildman–Crippen LogP) is 8.88. The van der Waals surface area contributed by atoms with Gasteiger partial charge < -0.3 is 4.57 Å². The van der Waals surface area contributed by atoms with Crippen LogP contribution in [-0.2, 0) is 0 Å². The smallest absolute Gasteiger partial charge is 0.0906 e. The number of para-hydroxylation sites is 1. The van der Waals surface area contributed by atoms with E-state index in [4.69, 9.17) is 0 Å². The lowest BCUT2D eigenvalue weighted by atomic mass is 10.1. The Morgan fingerprint density at radius 1 is 0.581 bits per heavy atom. The van der Waals surface area contributed by atoms with Gasteiger partial charge in [-0.2, -0.15) is 0 Å². The normalized spacial score (nSPS) is 11.9. The van der Waals surface area contributed by atoms with E-state index in [9.17, 15) is 0 Å². The van der Waals surface area contributed by atoms with Crippen molar-refractivity contribution >= 4 is 63.3 Å². The minimum atomic E-state index is 1.21. The van der Waals surface area contributed by atoms with Crippen molar-refractivity contribution in [3.05, 3.63) is 103 Å². The molecule has 0 amide bonds. The summed E-state index contributed by atoms with van der Waals surface area (Å²) in [5, 5.41) is 4.08. The van der Waals surface area contributed by atoms with Crippen LogP contribution in [0.2, 0.25) is 0 Å². The lowest BCUT2D eigenvalue weighted by molar-refractivity contribution is 1.19. The third-order valence-corrected chi connectivity index (χ3v) is 8.51. The van der Waals surface area contributed by atoms with Crippen molar-refractivity contribution < 1.29 is 0 Å². The molecule has 7 rings (SSSR count). The summed E-state index contributed by atoms with van der Waals surface area (Å²) in [6, 6.07) is 37.2. The molecule has 0 atom stereocenters. The lowest BCUT2D eigenvalue weighted by Gasteiger charge is -2.10. The van der Waals surface area contributed by atoms with Crippen molar-refractivity contribution in [1.29, 1.82) is 0 Å². The van der Waals surface area contributed by atoms with Gasteiger partial charge in [-0.05, 0) is 35.4 Å². The number of thiophene rings is 2. The van der Waals surface area contributed by atoms with Gasteiger partial charge in [0, 0.05) is 26.5 Å². The van der Waals surface area contributed by atoms with Crippen LogP contribution in [0.3, 0.4) is 0 Å². The van der Waals surface area contributed by atoms with Crippen molar-refractivity contribution in [1.82, 2.24) is 4.57 Å². The second-order valence-corrected chi connectivity index (χ2v) is 10.1. The van der Waals surface area contributed by atoms with Gasteiger partial charge in [0.2, 0.25) is 0 Å². The summed E-state index contributed by atoms with van der Waals surface area (Å²) in [6.45, 7) is 0. The molecule has 7 aromatic rings. The molecule has 0 radical (unpaired) electrons. The van der Waals surface area contributed by atoms with Crippen LogP contribution in [0.4, 0.5) is 0 Å². The second kappa shape index (κ2) is 6.55. The zero-order chi connectivity index (χ0) is 20.4. The van der Waals surface area contributed by atoms with E-state index >= 15 is 0 Å². The Morgan fingerprint density at radius 3 is 2.23 bits per heavy atom. The van der Waals surface area contributed by atoms with E-state index in [1.165, 1.54) is 57.4 Å². The third-order valence-electron chi connectivity index (χ3n) is 6.03. The number of hydrogen-bond acceptors (Lipinski definition) is 2. The molecule has 31 heavy (non-hydrogen) atoms. The molecular formula is C28H17NS2. The SMILES string of the molecule is c1ccc(-c2cccc(-n3c4ccccc4c4sc5sc6ccccc6c5c43)c2)cc1. The lowest BCUT2D eigenvalue weighted by Crippen LogP contribution is -1.94. The molecule has 0 bridgehead atoms. The summed E-state index contributed by atoms with van der Waals surface area (Å²) in [5.74, 6) is 0. The Kier molecular flexibility index (Phi) is 3.65.